The summed E-state index contributed by atoms with van der Waals surface area (Å²) >= 11 is 0. The zero-order valence-corrected chi connectivity index (χ0v) is 12.1. The molecule has 1 heterocycles. The van der Waals surface area contributed by atoms with Crippen LogP contribution in [0.4, 0.5) is 17.1 Å². The minimum Gasteiger partial charge on any atom is -0.497 e. The fourth-order valence-corrected chi connectivity index (χ4v) is 2.15. The molecule has 8 heteroatoms. The number of aromatic hydroxyl groups is 1. The second kappa shape index (κ2) is 5.76. The molecule has 0 bridgehead atoms. The van der Waals surface area contributed by atoms with Gasteiger partial charge in [0, 0.05) is 23.6 Å². The lowest BCUT2D eigenvalue weighted by Gasteiger charge is -1.98. The topological polar surface area (TPSA) is 113 Å². The first-order valence-corrected chi connectivity index (χ1v) is 6.63. The highest BCUT2D eigenvalue weighted by atomic mass is 16.6. The Hall–Kier alpha value is -3.42. The normalized spacial score (nSPS) is 11.2. The van der Waals surface area contributed by atoms with Gasteiger partial charge in [-0.3, -0.25) is 10.1 Å². The Morgan fingerprint density at radius 2 is 2.04 bits per heavy atom. The first kappa shape index (κ1) is 14.5. The van der Waals surface area contributed by atoms with Crippen LogP contribution in [0.5, 0.6) is 11.6 Å². The van der Waals surface area contributed by atoms with Crippen molar-refractivity contribution in [2.45, 2.75) is 0 Å². The van der Waals surface area contributed by atoms with Crippen LogP contribution in [0.3, 0.4) is 0 Å². The number of aromatic amines is 1. The van der Waals surface area contributed by atoms with E-state index in [1.807, 2.05) is 0 Å². The number of ether oxygens (including phenoxy) is 1. The number of nitro benzene ring substituents is 1. The number of hydrogen-bond acceptors (Lipinski definition) is 6. The van der Waals surface area contributed by atoms with Crippen LogP contribution in [0, 0.1) is 10.1 Å². The average Bonchev–Trinajstić information content (AvgIpc) is 2.87. The van der Waals surface area contributed by atoms with E-state index in [0.717, 1.165) is 0 Å². The van der Waals surface area contributed by atoms with Gasteiger partial charge in [-0.05, 0) is 18.2 Å². The lowest BCUT2D eigenvalue weighted by atomic mass is 10.2. The summed E-state index contributed by atoms with van der Waals surface area (Å²) in [6, 6.07) is 11.0. The molecule has 1 aromatic heterocycles. The number of methoxy groups -OCH3 is 1. The predicted molar refractivity (Wildman–Crippen MR) is 83.8 cm³/mol. The molecule has 2 aromatic carbocycles. The van der Waals surface area contributed by atoms with Crippen molar-refractivity contribution in [3.8, 4) is 11.6 Å². The summed E-state index contributed by atoms with van der Waals surface area (Å²) in [6.45, 7) is 0. The molecule has 0 saturated carbocycles. The molecule has 116 valence electrons. The molecule has 0 atom stereocenters. The fraction of sp³-hybridized carbons (Fsp3) is 0.0667. The Labute approximate surface area is 130 Å². The van der Waals surface area contributed by atoms with E-state index in [1.54, 1.807) is 31.4 Å². The van der Waals surface area contributed by atoms with Crippen molar-refractivity contribution in [1.29, 1.82) is 0 Å². The number of nitrogens with zero attached hydrogens (tertiary/aromatic N) is 3. The predicted octanol–water partition coefficient (Wildman–Crippen LogP) is 4.21. The number of fused-ring (bicyclic) bond motifs is 1. The highest BCUT2D eigenvalue weighted by Gasteiger charge is 2.11. The SMILES string of the molecule is COc1ccc2c(N=Nc3cccc([N+](=O)[O-])c3)c(O)[nH]c2c1. The smallest absolute Gasteiger partial charge is 0.271 e. The molecule has 0 fully saturated rings. The summed E-state index contributed by atoms with van der Waals surface area (Å²) in [6.07, 6.45) is 0. The summed E-state index contributed by atoms with van der Waals surface area (Å²) in [7, 11) is 1.55. The van der Waals surface area contributed by atoms with Crippen LogP contribution in [-0.4, -0.2) is 22.1 Å². The van der Waals surface area contributed by atoms with E-state index >= 15 is 0 Å². The third-order valence-corrected chi connectivity index (χ3v) is 3.27. The standard InChI is InChI=1S/C15H12N4O4/c1-23-11-5-6-12-13(8-11)16-15(20)14(12)18-17-9-3-2-4-10(7-9)19(21)22/h2-8,16,20H,1H3. The molecule has 0 aliphatic rings. The summed E-state index contributed by atoms with van der Waals surface area (Å²) < 4.78 is 5.12. The van der Waals surface area contributed by atoms with Crippen LogP contribution < -0.4 is 4.74 Å². The molecule has 0 amide bonds. The number of H-pyrrole nitrogens is 1. The van der Waals surface area contributed by atoms with Crippen LogP contribution in [0.25, 0.3) is 10.9 Å². The van der Waals surface area contributed by atoms with Gasteiger partial charge in [0.15, 0.2) is 5.69 Å². The number of azo groups is 1. The van der Waals surface area contributed by atoms with E-state index in [9.17, 15) is 15.2 Å². The van der Waals surface area contributed by atoms with Gasteiger partial charge in [0.25, 0.3) is 5.69 Å². The lowest BCUT2D eigenvalue weighted by Crippen LogP contribution is -1.85. The third-order valence-electron chi connectivity index (χ3n) is 3.27. The highest BCUT2D eigenvalue weighted by Crippen LogP contribution is 2.37. The number of rotatable bonds is 4. The number of non-ortho nitro benzene ring substituents is 1. The zero-order valence-electron chi connectivity index (χ0n) is 12.1. The van der Waals surface area contributed by atoms with Gasteiger partial charge in [0.05, 0.1) is 23.2 Å². The maximum atomic E-state index is 10.8. The summed E-state index contributed by atoms with van der Waals surface area (Å²) in [4.78, 5) is 13.0. The number of nitrogens with one attached hydrogen (secondary N) is 1. The van der Waals surface area contributed by atoms with Gasteiger partial charge in [-0.25, -0.2) is 0 Å². The van der Waals surface area contributed by atoms with Crippen LogP contribution in [-0.2, 0) is 0 Å². The quantitative estimate of drug-likeness (QED) is 0.427. The first-order chi connectivity index (χ1) is 11.1. The molecule has 0 aliphatic heterocycles. The second-order valence-corrected chi connectivity index (χ2v) is 4.71. The van der Waals surface area contributed by atoms with E-state index in [-0.39, 0.29) is 17.3 Å². The average molecular weight is 312 g/mol. The van der Waals surface area contributed by atoms with Crippen LogP contribution in [0.15, 0.2) is 52.7 Å². The number of aromatic nitrogens is 1. The van der Waals surface area contributed by atoms with Gasteiger partial charge in [-0.15, -0.1) is 5.11 Å². The maximum Gasteiger partial charge on any atom is 0.271 e. The van der Waals surface area contributed by atoms with Crippen LogP contribution in [0.2, 0.25) is 0 Å². The lowest BCUT2D eigenvalue weighted by molar-refractivity contribution is -0.384. The molecule has 0 spiro atoms. The number of nitro groups is 1. The van der Waals surface area contributed by atoms with Crippen LogP contribution in [0.1, 0.15) is 0 Å². The molecule has 0 saturated heterocycles. The molecule has 3 aromatic rings. The molecule has 0 radical (unpaired) electrons. The molecular weight excluding hydrogens is 300 g/mol. The molecule has 3 rings (SSSR count). The number of benzene rings is 2. The van der Waals surface area contributed by atoms with Gasteiger partial charge in [-0.2, -0.15) is 5.11 Å². The van der Waals surface area contributed by atoms with Gasteiger partial charge in [0.1, 0.15) is 5.75 Å². The van der Waals surface area contributed by atoms with Gasteiger partial charge in [0.2, 0.25) is 5.88 Å². The van der Waals surface area contributed by atoms with Gasteiger partial charge in [-0.1, -0.05) is 6.07 Å². The Morgan fingerprint density at radius 3 is 2.78 bits per heavy atom. The van der Waals surface area contributed by atoms with E-state index in [4.69, 9.17) is 4.74 Å². The Bertz CT molecular complexity index is 917. The number of hydrogen-bond donors (Lipinski definition) is 2. The van der Waals surface area contributed by atoms with E-state index in [1.165, 1.54) is 18.2 Å². The minimum atomic E-state index is -0.505. The Kier molecular flexibility index (Phi) is 3.63. The summed E-state index contributed by atoms with van der Waals surface area (Å²) in [5.74, 6) is 0.503. The third kappa shape index (κ3) is 2.82. The van der Waals surface area contributed by atoms with Crippen LogP contribution >= 0.6 is 0 Å². The maximum absolute atomic E-state index is 10.8. The van der Waals surface area contributed by atoms with E-state index in [0.29, 0.717) is 22.3 Å². The largest absolute Gasteiger partial charge is 0.497 e. The minimum absolute atomic E-state index is 0.0747. The summed E-state index contributed by atoms with van der Waals surface area (Å²) in [5.41, 5.74) is 1.15. The van der Waals surface area contributed by atoms with Crippen molar-refractivity contribution < 1.29 is 14.8 Å². The van der Waals surface area contributed by atoms with Crippen molar-refractivity contribution in [3.63, 3.8) is 0 Å². The van der Waals surface area contributed by atoms with Crippen molar-refractivity contribution in [1.82, 2.24) is 4.98 Å². The molecule has 0 aliphatic carbocycles. The fourth-order valence-electron chi connectivity index (χ4n) is 2.15. The zero-order chi connectivity index (χ0) is 16.4. The molecule has 8 nitrogen and oxygen atoms in total. The molecule has 23 heavy (non-hydrogen) atoms. The molecule has 0 unspecified atom stereocenters. The first-order valence-electron chi connectivity index (χ1n) is 6.63. The van der Waals surface area contributed by atoms with Crippen molar-refractivity contribution >= 4 is 28.0 Å². The Morgan fingerprint density at radius 1 is 1.22 bits per heavy atom. The second-order valence-electron chi connectivity index (χ2n) is 4.71. The Balaban J connectivity index is 1.99. The van der Waals surface area contributed by atoms with Gasteiger partial charge < -0.3 is 14.8 Å². The summed E-state index contributed by atoms with van der Waals surface area (Å²) in [5, 5.41) is 29.3. The molecule has 2 N–H and O–H groups in total. The van der Waals surface area contributed by atoms with Gasteiger partial charge >= 0.3 is 0 Å². The van der Waals surface area contributed by atoms with E-state index in [2.05, 4.69) is 15.2 Å². The van der Waals surface area contributed by atoms with Crippen molar-refractivity contribution in [2.24, 2.45) is 10.2 Å². The van der Waals surface area contributed by atoms with E-state index < -0.39 is 4.92 Å². The highest BCUT2D eigenvalue weighted by molar-refractivity contribution is 5.94. The van der Waals surface area contributed by atoms with Crippen molar-refractivity contribution in [3.05, 3.63) is 52.6 Å². The van der Waals surface area contributed by atoms with Crippen molar-refractivity contribution in [2.75, 3.05) is 7.11 Å². The monoisotopic (exact) mass is 312 g/mol. The molecular formula is C15H12N4O4.